The van der Waals surface area contributed by atoms with Crippen LogP contribution in [0.3, 0.4) is 0 Å². The Kier molecular flexibility index (Phi) is 6.88. The topological polar surface area (TPSA) is 92.7 Å². The van der Waals surface area contributed by atoms with Gasteiger partial charge in [-0.15, -0.1) is 11.3 Å². The number of ether oxygens (including phenoxy) is 1. The molecular weight excluding hydrogens is 378 g/mol. The summed E-state index contributed by atoms with van der Waals surface area (Å²) >= 11 is 1.43. The van der Waals surface area contributed by atoms with Crippen molar-refractivity contribution in [3.8, 4) is 0 Å². The SMILES string of the molecule is CCCCOC(=O)c1c(NC(=O)[C@@H]2CC=CC[C@@H]2C(=O)O)sc2c1CCCC2. The van der Waals surface area contributed by atoms with Gasteiger partial charge in [0.05, 0.1) is 24.0 Å². The first kappa shape index (κ1) is 20.6. The predicted molar refractivity (Wildman–Crippen MR) is 108 cm³/mol. The summed E-state index contributed by atoms with van der Waals surface area (Å²) in [6.45, 7) is 2.39. The lowest BCUT2D eigenvalue weighted by molar-refractivity contribution is -0.146. The molecule has 28 heavy (non-hydrogen) atoms. The Bertz CT molecular complexity index is 782. The zero-order chi connectivity index (χ0) is 20.1. The summed E-state index contributed by atoms with van der Waals surface area (Å²) in [5.74, 6) is -3.06. The van der Waals surface area contributed by atoms with Crippen molar-refractivity contribution in [3.05, 3.63) is 28.2 Å². The van der Waals surface area contributed by atoms with Crippen LogP contribution in [0.4, 0.5) is 5.00 Å². The molecule has 2 atom stereocenters. The van der Waals surface area contributed by atoms with Crippen molar-refractivity contribution in [3.63, 3.8) is 0 Å². The van der Waals surface area contributed by atoms with Gasteiger partial charge in [-0.05, 0) is 50.5 Å². The number of hydrogen-bond donors (Lipinski definition) is 2. The van der Waals surface area contributed by atoms with Gasteiger partial charge < -0.3 is 15.2 Å². The zero-order valence-electron chi connectivity index (χ0n) is 16.2. The molecule has 1 aromatic rings. The summed E-state index contributed by atoms with van der Waals surface area (Å²) in [4.78, 5) is 38.3. The van der Waals surface area contributed by atoms with Crippen LogP contribution in [0.1, 0.15) is 66.2 Å². The van der Waals surface area contributed by atoms with Gasteiger partial charge in [-0.25, -0.2) is 4.79 Å². The second-order valence-corrected chi connectivity index (χ2v) is 8.49. The second-order valence-electron chi connectivity index (χ2n) is 7.39. The van der Waals surface area contributed by atoms with E-state index in [-0.39, 0.29) is 11.9 Å². The van der Waals surface area contributed by atoms with Crippen molar-refractivity contribution >= 4 is 34.2 Å². The van der Waals surface area contributed by atoms with E-state index in [0.29, 0.717) is 30.0 Å². The normalized spacial score (nSPS) is 21.0. The number of carbonyl (C=O) groups is 3. The van der Waals surface area contributed by atoms with Gasteiger partial charge in [0.1, 0.15) is 5.00 Å². The minimum absolute atomic E-state index is 0.335. The van der Waals surface area contributed by atoms with Crippen LogP contribution in [0.2, 0.25) is 0 Å². The van der Waals surface area contributed by atoms with Crippen molar-refractivity contribution in [2.45, 2.75) is 58.3 Å². The maximum Gasteiger partial charge on any atom is 0.341 e. The molecule has 152 valence electrons. The highest BCUT2D eigenvalue weighted by atomic mass is 32.1. The summed E-state index contributed by atoms with van der Waals surface area (Å²) in [5, 5.41) is 12.8. The number of carboxylic acids is 1. The van der Waals surface area contributed by atoms with Crippen LogP contribution in [0.5, 0.6) is 0 Å². The van der Waals surface area contributed by atoms with Gasteiger partial charge >= 0.3 is 11.9 Å². The number of amides is 1. The van der Waals surface area contributed by atoms with E-state index in [4.69, 9.17) is 4.74 Å². The molecule has 0 spiro atoms. The lowest BCUT2D eigenvalue weighted by atomic mass is 9.82. The fraction of sp³-hybridized carbons (Fsp3) is 0.571. The Morgan fingerprint density at radius 3 is 2.61 bits per heavy atom. The number of carbonyl (C=O) groups excluding carboxylic acids is 2. The number of unbranched alkanes of at least 4 members (excludes halogenated alkanes) is 1. The molecule has 0 bridgehead atoms. The average Bonchev–Trinajstić information content (AvgIpc) is 3.05. The van der Waals surface area contributed by atoms with E-state index >= 15 is 0 Å². The third kappa shape index (κ3) is 4.46. The number of fused-ring (bicyclic) bond motifs is 1. The highest BCUT2D eigenvalue weighted by Crippen LogP contribution is 2.39. The van der Waals surface area contributed by atoms with Crippen LogP contribution >= 0.6 is 11.3 Å². The molecule has 2 N–H and O–H groups in total. The maximum absolute atomic E-state index is 12.9. The first-order valence-electron chi connectivity index (χ1n) is 10.0. The largest absolute Gasteiger partial charge is 0.481 e. The fourth-order valence-electron chi connectivity index (χ4n) is 3.83. The molecule has 0 aromatic carbocycles. The quantitative estimate of drug-likeness (QED) is 0.403. The molecular formula is C21H27NO5S. The fourth-order valence-corrected chi connectivity index (χ4v) is 5.11. The van der Waals surface area contributed by atoms with Gasteiger partial charge in [0.2, 0.25) is 5.91 Å². The highest BCUT2D eigenvalue weighted by Gasteiger charge is 2.35. The first-order valence-corrected chi connectivity index (χ1v) is 10.8. The third-order valence-electron chi connectivity index (χ3n) is 5.43. The standard InChI is InChI=1S/C21H27NO5S/c1-2-3-12-27-21(26)17-15-10-6-7-11-16(15)28-19(17)22-18(23)13-8-4-5-9-14(13)20(24)25/h4-5,13-14H,2-3,6-12H2,1H3,(H,22,23)(H,24,25)/t13-,14+/m1/s1. The van der Waals surface area contributed by atoms with Gasteiger partial charge in [-0.1, -0.05) is 25.5 Å². The highest BCUT2D eigenvalue weighted by molar-refractivity contribution is 7.17. The molecule has 0 saturated heterocycles. The maximum atomic E-state index is 12.9. The molecule has 3 rings (SSSR count). The van der Waals surface area contributed by atoms with E-state index in [2.05, 4.69) is 5.32 Å². The summed E-state index contributed by atoms with van der Waals surface area (Å²) < 4.78 is 5.43. The van der Waals surface area contributed by atoms with E-state index in [1.807, 2.05) is 19.1 Å². The Morgan fingerprint density at radius 1 is 1.18 bits per heavy atom. The lowest BCUT2D eigenvalue weighted by Gasteiger charge is -2.24. The van der Waals surface area contributed by atoms with E-state index in [1.165, 1.54) is 11.3 Å². The number of allylic oxidation sites excluding steroid dienone is 2. The molecule has 0 radical (unpaired) electrons. The molecule has 0 saturated carbocycles. The number of aliphatic carboxylic acids is 1. The van der Waals surface area contributed by atoms with Crippen LogP contribution < -0.4 is 5.32 Å². The van der Waals surface area contributed by atoms with Crippen LogP contribution in [0.15, 0.2) is 12.2 Å². The second kappa shape index (κ2) is 9.37. The van der Waals surface area contributed by atoms with E-state index < -0.39 is 17.8 Å². The first-order chi connectivity index (χ1) is 13.5. The number of anilines is 1. The molecule has 1 heterocycles. The Labute approximate surface area is 169 Å². The van der Waals surface area contributed by atoms with Crippen molar-refractivity contribution in [2.75, 3.05) is 11.9 Å². The Morgan fingerprint density at radius 2 is 1.89 bits per heavy atom. The number of nitrogens with one attached hydrogen (secondary N) is 1. The summed E-state index contributed by atoms with van der Waals surface area (Å²) in [6, 6.07) is 0. The van der Waals surface area contributed by atoms with Gasteiger partial charge in [0.25, 0.3) is 0 Å². The van der Waals surface area contributed by atoms with Gasteiger partial charge in [0, 0.05) is 4.88 Å². The van der Waals surface area contributed by atoms with Crippen molar-refractivity contribution in [1.29, 1.82) is 0 Å². The molecule has 0 fully saturated rings. The number of thiophene rings is 1. The molecule has 1 aromatic heterocycles. The van der Waals surface area contributed by atoms with Crippen LogP contribution in [-0.4, -0.2) is 29.6 Å². The summed E-state index contributed by atoms with van der Waals surface area (Å²) in [6.07, 6.45) is 9.93. The smallest absolute Gasteiger partial charge is 0.341 e. The van der Waals surface area contributed by atoms with Gasteiger partial charge in [-0.3, -0.25) is 9.59 Å². The zero-order valence-corrected chi connectivity index (χ0v) is 17.0. The molecule has 0 aliphatic heterocycles. The van der Waals surface area contributed by atoms with Crippen molar-refractivity contribution in [1.82, 2.24) is 0 Å². The number of hydrogen-bond acceptors (Lipinski definition) is 5. The van der Waals surface area contributed by atoms with Crippen LogP contribution in [0, 0.1) is 11.8 Å². The molecule has 6 nitrogen and oxygen atoms in total. The van der Waals surface area contributed by atoms with E-state index in [0.717, 1.165) is 49.0 Å². The van der Waals surface area contributed by atoms with E-state index in [1.54, 1.807) is 0 Å². The number of rotatable bonds is 7. The molecule has 2 aliphatic rings. The minimum atomic E-state index is -0.964. The predicted octanol–water partition coefficient (Wildman–Crippen LogP) is 4.19. The minimum Gasteiger partial charge on any atom is -0.481 e. The van der Waals surface area contributed by atoms with Gasteiger partial charge in [-0.2, -0.15) is 0 Å². The Balaban J connectivity index is 1.83. The van der Waals surface area contributed by atoms with Crippen molar-refractivity contribution < 1.29 is 24.2 Å². The molecule has 1 amide bonds. The monoisotopic (exact) mass is 405 g/mol. The third-order valence-corrected chi connectivity index (χ3v) is 6.64. The van der Waals surface area contributed by atoms with Gasteiger partial charge in [0.15, 0.2) is 0 Å². The molecule has 0 unspecified atom stereocenters. The lowest BCUT2D eigenvalue weighted by Crippen LogP contribution is -2.34. The number of aryl methyl sites for hydroxylation is 1. The Hall–Kier alpha value is -2.15. The van der Waals surface area contributed by atoms with Crippen LogP contribution in [-0.2, 0) is 27.2 Å². The molecule has 7 heteroatoms. The summed E-state index contributed by atoms with van der Waals surface area (Å²) in [5.41, 5.74) is 1.47. The molecule has 2 aliphatic carbocycles. The number of carboxylic acid groups (broad SMARTS) is 1. The van der Waals surface area contributed by atoms with E-state index in [9.17, 15) is 19.5 Å². The summed E-state index contributed by atoms with van der Waals surface area (Å²) in [7, 11) is 0. The number of esters is 1. The average molecular weight is 406 g/mol. The van der Waals surface area contributed by atoms with Crippen LogP contribution in [0.25, 0.3) is 0 Å². The van der Waals surface area contributed by atoms with Crippen molar-refractivity contribution in [2.24, 2.45) is 11.8 Å².